The van der Waals surface area contributed by atoms with E-state index in [2.05, 4.69) is 0 Å². The van der Waals surface area contributed by atoms with Crippen molar-refractivity contribution in [3.63, 3.8) is 0 Å². The molecular formula is C38H52O13. The van der Waals surface area contributed by atoms with Crippen LogP contribution in [-0.2, 0) is 52.4 Å². The smallest absolute Gasteiger partial charge is 0.341 e. The maximum Gasteiger partial charge on any atom is 0.341 e. The van der Waals surface area contributed by atoms with Gasteiger partial charge in [-0.1, -0.05) is 27.7 Å². The molecule has 51 heavy (non-hydrogen) atoms. The topological polar surface area (TPSA) is 188 Å². The van der Waals surface area contributed by atoms with Crippen LogP contribution in [0, 0.1) is 69.0 Å². The Morgan fingerprint density at radius 2 is 1.45 bits per heavy atom. The highest BCUT2D eigenvalue weighted by molar-refractivity contribution is 5.91. The molecule has 0 radical (unpaired) electrons. The van der Waals surface area contributed by atoms with Crippen molar-refractivity contribution in [1.29, 1.82) is 0 Å². The first-order valence-electron chi connectivity index (χ1n) is 18.5. The van der Waals surface area contributed by atoms with Gasteiger partial charge < -0.3 is 38.6 Å². The van der Waals surface area contributed by atoms with Gasteiger partial charge in [-0.3, -0.25) is 19.2 Å². The summed E-state index contributed by atoms with van der Waals surface area (Å²) in [4.78, 5) is 68.2. The van der Waals surface area contributed by atoms with E-state index in [0.717, 1.165) is 0 Å². The number of fused-ring (bicyclic) bond motifs is 9. The van der Waals surface area contributed by atoms with Gasteiger partial charge in [0.05, 0.1) is 23.0 Å². The van der Waals surface area contributed by atoms with Crippen molar-refractivity contribution in [1.82, 2.24) is 0 Å². The van der Waals surface area contributed by atoms with Gasteiger partial charge in [0, 0.05) is 48.3 Å². The second-order valence-electron chi connectivity index (χ2n) is 19.0. The van der Waals surface area contributed by atoms with Crippen LogP contribution in [0.2, 0.25) is 0 Å². The predicted molar refractivity (Wildman–Crippen MR) is 173 cm³/mol. The number of rotatable bonds is 3. The van der Waals surface area contributed by atoms with E-state index in [4.69, 9.17) is 28.4 Å². The fourth-order valence-corrected chi connectivity index (χ4v) is 13.5. The highest BCUT2D eigenvalue weighted by atomic mass is 16.8. The number of hydrogen-bond acceptors (Lipinski definition) is 13. The van der Waals surface area contributed by atoms with E-state index in [0.29, 0.717) is 6.42 Å². The summed E-state index contributed by atoms with van der Waals surface area (Å²) in [5.41, 5.74) is -6.57. The Balaban J connectivity index is 1.35. The lowest BCUT2D eigenvalue weighted by atomic mass is 9.39. The molecule has 282 valence electrons. The Morgan fingerprint density at radius 3 is 2.04 bits per heavy atom. The third-order valence-electron chi connectivity index (χ3n) is 15.6. The monoisotopic (exact) mass is 716 g/mol. The first kappa shape index (κ1) is 35.4. The van der Waals surface area contributed by atoms with Crippen molar-refractivity contribution < 1.29 is 62.6 Å². The summed E-state index contributed by atoms with van der Waals surface area (Å²) >= 11 is 0. The molecular weight excluding hydrogens is 664 g/mol. The first-order valence-corrected chi connectivity index (χ1v) is 18.5. The van der Waals surface area contributed by atoms with Crippen molar-refractivity contribution >= 4 is 29.7 Å². The van der Waals surface area contributed by atoms with Crippen molar-refractivity contribution in [2.45, 2.75) is 137 Å². The second kappa shape index (κ2) is 10.1. The number of ether oxygens (including phenoxy) is 6. The molecule has 8 aliphatic rings. The highest BCUT2D eigenvalue weighted by Gasteiger charge is 2.93. The molecule has 3 aliphatic heterocycles. The summed E-state index contributed by atoms with van der Waals surface area (Å²) in [5, 5.41) is 24.9. The van der Waals surface area contributed by atoms with Gasteiger partial charge in [0.25, 0.3) is 0 Å². The molecule has 20 atom stereocenters. The molecule has 5 saturated carbocycles. The minimum atomic E-state index is -2.06. The van der Waals surface area contributed by atoms with Crippen molar-refractivity contribution in [3.8, 4) is 0 Å². The third kappa shape index (κ3) is 3.94. The molecule has 0 aromatic carbocycles. The van der Waals surface area contributed by atoms with Gasteiger partial charge in [-0.25, -0.2) is 4.79 Å². The maximum absolute atomic E-state index is 15.4. The zero-order chi connectivity index (χ0) is 37.5. The van der Waals surface area contributed by atoms with Crippen LogP contribution in [0.3, 0.4) is 0 Å². The number of aliphatic hydroxyl groups excluding tert-OH is 1. The van der Waals surface area contributed by atoms with Crippen molar-refractivity contribution in [2.75, 3.05) is 0 Å². The molecule has 3 heterocycles. The Morgan fingerprint density at radius 1 is 0.843 bits per heavy atom. The van der Waals surface area contributed by atoms with Crippen molar-refractivity contribution in [2.24, 2.45) is 69.0 Å². The lowest BCUT2D eigenvalue weighted by Crippen LogP contribution is -2.72. The Bertz CT molecular complexity index is 1630. The lowest BCUT2D eigenvalue weighted by Gasteiger charge is -2.65. The van der Waals surface area contributed by atoms with Gasteiger partial charge in [0.15, 0.2) is 17.5 Å². The van der Waals surface area contributed by atoms with Crippen LogP contribution < -0.4 is 0 Å². The van der Waals surface area contributed by atoms with Crippen LogP contribution in [0.4, 0.5) is 0 Å². The molecule has 1 unspecified atom stereocenters. The molecule has 3 saturated heterocycles. The minimum Gasteiger partial charge on any atom is -0.462 e. The standard InChI is InChI=1S/C38H52O13/c1-13-20-19(24(41)26(49-31(43)33(5,6)7)17-12-18-27(48-18)30(34(17,20)8)47-16(4)40)22-25(42)23-21(35(22,9)28(13)46-15(3)39)14(2)29-38(50-29)36(23,10)37(11,45)32(44)51-38/h13-14,17-23,25-30,42,45H,12H2,1-11H3/t13-,14-,17+,18-,19+,20-,21-,22+,23-,25+,26?,27-,28-,29+,30-,34-,35+,36-,37+,38-/m0/s1. The quantitative estimate of drug-likeness (QED) is 0.246. The third-order valence-corrected chi connectivity index (χ3v) is 15.6. The van der Waals surface area contributed by atoms with E-state index in [9.17, 15) is 29.4 Å². The van der Waals surface area contributed by atoms with Crippen LogP contribution in [0.25, 0.3) is 0 Å². The number of aliphatic hydroxyl groups is 2. The molecule has 0 amide bonds. The van der Waals surface area contributed by atoms with Crippen LogP contribution in [0.15, 0.2) is 0 Å². The SMILES string of the molecule is CC(=O)O[C@H]1[C@@H](C)[C@H]2[C@@H](C(=O)C(OC(=O)C(C)(C)C)[C@H]3C[C@@H]4O[C@@H]4[C@H](OC(C)=O)[C@]23C)[C@@H]2[C@@H](O)[C@@H]3[C@H]([C@H](C)[C@H]4O[C@]45OC(=O)[C@@](C)(O)[C@]35C)[C@]21C. The summed E-state index contributed by atoms with van der Waals surface area (Å²) in [6.07, 6.45) is -5.18. The Labute approximate surface area is 297 Å². The van der Waals surface area contributed by atoms with Gasteiger partial charge in [-0.2, -0.15) is 0 Å². The molecule has 13 heteroatoms. The average Bonchev–Trinajstić information content (AvgIpc) is 3.91. The molecule has 13 nitrogen and oxygen atoms in total. The Hall–Kier alpha value is -2.61. The zero-order valence-corrected chi connectivity index (χ0v) is 31.3. The van der Waals surface area contributed by atoms with Crippen LogP contribution in [-0.4, -0.2) is 94.0 Å². The number of epoxide rings is 2. The van der Waals surface area contributed by atoms with Gasteiger partial charge in [-0.15, -0.1) is 0 Å². The van der Waals surface area contributed by atoms with E-state index in [1.807, 2.05) is 27.7 Å². The van der Waals surface area contributed by atoms with Crippen molar-refractivity contribution in [3.05, 3.63) is 0 Å². The number of carbonyl (C=O) groups is 5. The second-order valence-corrected chi connectivity index (χ2v) is 19.0. The highest BCUT2D eigenvalue weighted by Crippen LogP contribution is 2.81. The molecule has 8 rings (SSSR count). The fourth-order valence-electron chi connectivity index (χ4n) is 13.5. The number of ketones is 1. The van der Waals surface area contributed by atoms with Gasteiger partial charge in [-0.05, 0) is 64.7 Å². The van der Waals surface area contributed by atoms with E-state index >= 15 is 4.79 Å². The van der Waals surface area contributed by atoms with E-state index in [1.165, 1.54) is 20.8 Å². The normalized spacial score (nSPS) is 57.2. The summed E-state index contributed by atoms with van der Waals surface area (Å²) in [7, 11) is 0. The summed E-state index contributed by atoms with van der Waals surface area (Å²) in [6, 6.07) is 0. The molecule has 0 aromatic rings. The minimum absolute atomic E-state index is 0.299. The van der Waals surface area contributed by atoms with Gasteiger partial charge in [0.2, 0.25) is 5.79 Å². The number of esters is 4. The summed E-state index contributed by atoms with van der Waals surface area (Å²) in [6.45, 7) is 18.7. The fraction of sp³-hybridized carbons (Fsp3) is 0.868. The van der Waals surface area contributed by atoms with E-state index < -0.39 is 135 Å². The van der Waals surface area contributed by atoms with Crippen LogP contribution in [0.5, 0.6) is 0 Å². The molecule has 0 aromatic heterocycles. The van der Waals surface area contributed by atoms with Crippen LogP contribution in [0.1, 0.15) is 82.6 Å². The Kier molecular flexibility index (Phi) is 7.03. The zero-order valence-electron chi connectivity index (χ0n) is 31.3. The van der Waals surface area contributed by atoms with E-state index in [-0.39, 0.29) is 17.8 Å². The number of Topliss-reactive ketones (excluding diaryl/α,β-unsaturated/α-hetero) is 1. The molecule has 2 N–H and O–H groups in total. The average molecular weight is 717 g/mol. The summed E-state index contributed by atoms with van der Waals surface area (Å²) < 4.78 is 36.9. The molecule has 1 spiro atoms. The largest absolute Gasteiger partial charge is 0.462 e. The van der Waals surface area contributed by atoms with Crippen LogP contribution >= 0.6 is 0 Å². The molecule has 0 bridgehead atoms. The first-order chi connectivity index (χ1) is 23.4. The predicted octanol–water partition coefficient (Wildman–Crippen LogP) is 2.35. The lowest BCUT2D eigenvalue weighted by molar-refractivity contribution is -0.250. The van der Waals surface area contributed by atoms with Gasteiger partial charge >= 0.3 is 23.9 Å². The number of carbonyl (C=O) groups excluding carboxylic acids is 5. The van der Waals surface area contributed by atoms with Gasteiger partial charge in [0.1, 0.15) is 24.4 Å². The van der Waals surface area contributed by atoms with E-state index in [1.54, 1.807) is 27.7 Å². The summed E-state index contributed by atoms with van der Waals surface area (Å²) in [5.74, 6) is -9.61. The molecule has 8 fully saturated rings. The maximum atomic E-state index is 15.4. The number of hydrogen-bond donors (Lipinski definition) is 2. The molecule has 5 aliphatic carbocycles.